The van der Waals surface area contributed by atoms with Crippen LogP contribution in [0.15, 0.2) is 30.3 Å². The number of rotatable bonds is 5. The van der Waals surface area contributed by atoms with Crippen molar-refractivity contribution in [2.75, 3.05) is 13.2 Å². The lowest BCUT2D eigenvalue weighted by atomic mass is 10.4. The Morgan fingerprint density at radius 2 is 1.57 bits per heavy atom. The SMILES string of the molecule is CCOP(=[18O])(OCC)c1ccccc1. The Morgan fingerprint density at radius 3 is 2.00 bits per heavy atom. The first-order valence-electron chi connectivity index (χ1n) is 4.67. The van der Waals surface area contributed by atoms with Crippen LogP contribution in [0.4, 0.5) is 0 Å². The molecule has 1 aromatic carbocycles. The van der Waals surface area contributed by atoms with Crippen LogP contribution in [0, 0.1) is 0 Å². The van der Waals surface area contributed by atoms with E-state index in [-0.39, 0.29) is 0 Å². The molecule has 0 aromatic heterocycles. The largest absolute Gasteiger partial charge is 0.361 e. The van der Waals surface area contributed by atoms with E-state index in [4.69, 9.17) is 9.05 Å². The van der Waals surface area contributed by atoms with Gasteiger partial charge in [0.25, 0.3) is 0 Å². The van der Waals surface area contributed by atoms with Gasteiger partial charge in [-0.05, 0) is 26.0 Å². The summed E-state index contributed by atoms with van der Waals surface area (Å²) in [5, 5.41) is 0.615. The minimum absolute atomic E-state index is 0.381. The topological polar surface area (TPSA) is 35.5 Å². The van der Waals surface area contributed by atoms with Crippen LogP contribution in [0.3, 0.4) is 0 Å². The molecule has 14 heavy (non-hydrogen) atoms. The zero-order chi connectivity index (χ0) is 10.4. The van der Waals surface area contributed by atoms with Crippen LogP contribution >= 0.6 is 7.60 Å². The van der Waals surface area contributed by atoms with Crippen LogP contribution in [0.1, 0.15) is 13.8 Å². The minimum Gasteiger partial charge on any atom is -0.305 e. The quantitative estimate of drug-likeness (QED) is 0.560. The van der Waals surface area contributed by atoms with Gasteiger partial charge in [-0.15, -0.1) is 0 Å². The van der Waals surface area contributed by atoms with Crippen molar-refractivity contribution < 1.29 is 13.6 Å². The van der Waals surface area contributed by atoms with E-state index in [2.05, 4.69) is 0 Å². The fraction of sp³-hybridized carbons (Fsp3) is 0.400. The summed E-state index contributed by atoms with van der Waals surface area (Å²) < 4.78 is 22.5. The van der Waals surface area contributed by atoms with E-state index < -0.39 is 7.60 Å². The summed E-state index contributed by atoms with van der Waals surface area (Å²) in [7, 11) is -3.07. The molecule has 3 nitrogen and oxygen atoms in total. The van der Waals surface area contributed by atoms with Gasteiger partial charge in [0, 0.05) is 0 Å². The first-order chi connectivity index (χ1) is 6.73. The molecule has 0 aliphatic rings. The molecule has 0 saturated heterocycles. The fourth-order valence-electron chi connectivity index (χ4n) is 1.14. The van der Waals surface area contributed by atoms with Gasteiger partial charge in [0.05, 0.1) is 18.5 Å². The molecule has 0 spiro atoms. The Labute approximate surface area is 84.6 Å². The molecular weight excluding hydrogens is 201 g/mol. The maximum atomic E-state index is 12.2. The highest BCUT2D eigenvalue weighted by atomic mass is 31.2. The Balaban J connectivity index is 2.94. The summed E-state index contributed by atoms with van der Waals surface area (Å²) in [5.41, 5.74) is 0. The summed E-state index contributed by atoms with van der Waals surface area (Å²) in [6.07, 6.45) is 0. The van der Waals surface area contributed by atoms with Crippen molar-refractivity contribution in [3.8, 4) is 0 Å². The third-order valence-corrected chi connectivity index (χ3v) is 3.80. The Bertz CT molecular complexity index is 300. The van der Waals surface area contributed by atoms with E-state index in [9.17, 15) is 4.57 Å². The van der Waals surface area contributed by atoms with Crippen LogP contribution < -0.4 is 5.30 Å². The van der Waals surface area contributed by atoms with Gasteiger partial charge in [-0.2, -0.15) is 0 Å². The second kappa shape index (κ2) is 5.30. The standard InChI is InChI=1S/C10H15O3P/c1-3-12-14(11,13-4-2)10-8-6-5-7-9-10/h5-9H,3-4H2,1-2H3/i11+2. The third kappa shape index (κ3) is 2.68. The van der Waals surface area contributed by atoms with E-state index in [0.717, 1.165) is 0 Å². The highest BCUT2D eigenvalue weighted by molar-refractivity contribution is 7.62. The summed E-state index contributed by atoms with van der Waals surface area (Å²) in [6, 6.07) is 9.02. The zero-order valence-corrected chi connectivity index (χ0v) is 9.37. The number of benzene rings is 1. The molecule has 0 atom stereocenters. The predicted molar refractivity (Wildman–Crippen MR) is 56.9 cm³/mol. The summed E-state index contributed by atoms with van der Waals surface area (Å²) in [6.45, 7) is 4.36. The lowest BCUT2D eigenvalue weighted by Gasteiger charge is -2.16. The molecule has 1 rings (SSSR count). The highest BCUT2D eigenvalue weighted by Crippen LogP contribution is 2.46. The van der Waals surface area contributed by atoms with Crippen LogP contribution in [0.2, 0.25) is 0 Å². The second-order valence-corrected chi connectivity index (χ2v) is 4.70. The summed E-state index contributed by atoms with van der Waals surface area (Å²) in [4.78, 5) is 0. The van der Waals surface area contributed by atoms with Gasteiger partial charge in [-0.3, -0.25) is 4.57 Å². The van der Waals surface area contributed by atoms with Crippen LogP contribution in [0.5, 0.6) is 0 Å². The maximum absolute atomic E-state index is 12.2. The third-order valence-electron chi connectivity index (χ3n) is 1.67. The molecule has 0 fully saturated rings. The van der Waals surface area contributed by atoms with E-state index in [1.807, 2.05) is 18.2 Å². The molecule has 0 bridgehead atoms. The van der Waals surface area contributed by atoms with Crippen LogP contribution in [-0.2, 0) is 13.6 Å². The number of hydrogen-bond donors (Lipinski definition) is 0. The Hall–Kier alpha value is -0.630. The lowest BCUT2D eigenvalue weighted by Crippen LogP contribution is -2.09. The van der Waals surface area contributed by atoms with Gasteiger partial charge < -0.3 is 9.05 Å². The molecule has 0 radical (unpaired) electrons. The minimum atomic E-state index is -3.07. The van der Waals surface area contributed by atoms with Crippen molar-refractivity contribution in [3.63, 3.8) is 0 Å². The molecule has 1 aromatic rings. The van der Waals surface area contributed by atoms with Gasteiger partial charge >= 0.3 is 7.60 Å². The monoisotopic (exact) mass is 216 g/mol. The first kappa shape index (κ1) is 11.4. The van der Waals surface area contributed by atoms with Crippen molar-refractivity contribution in [2.24, 2.45) is 0 Å². The van der Waals surface area contributed by atoms with Crippen molar-refractivity contribution in [2.45, 2.75) is 13.8 Å². The maximum Gasteiger partial charge on any atom is 0.361 e. The van der Waals surface area contributed by atoms with Crippen LogP contribution in [0.25, 0.3) is 0 Å². The second-order valence-electron chi connectivity index (χ2n) is 2.67. The Kier molecular flexibility index (Phi) is 4.33. The summed E-state index contributed by atoms with van der Waals surface area (Å²) in [5.74, 6) is 0. The summed E-state index contributed by atoms with van der Waals surface area (Å²) >= 11 is 0. The molecule has 78 valence electrons. The molecule has 0 unspecified atom stereocenters. The predicted octanol–water partition coefficient (Wildman–Crippen LogP) is 2.58. The molecule has 0 heterocycles. The van der Waals surface area contributed by atoms with Gasteiger partial charge in [0.2, 0.25) is 0 Å². The number of hydrogen-bond acceptors (Lipinski definition) is 3. The van der Waals surface area contributed by atoms with Gasteiger partial charge in [-0.1, -0.05) is 18.2 Å². The average molecular weight is 216 g/mol. The van der Waals surface area contributed by atoms with E-state index in [1.165, 1.54) is 0 Å². The van der Waals surface area contributed by atoms with Gasteiger partial charge in [-0.25, -0.2) is 0 Å². The van der Waals surface area contributed by atoms with E-state index in [1.54, 1.807) is 26.0 Å². The average Bonchev–Trinajstić information content (AvgIpc) is 2.20. The molecule has 0 saturated carbocycles. The highest BCUT2D eigenvalue weighted by Gasteiger charge is 2.25. The normalized spacial score (nSPS) is 11.6. The van der Waals surface area contributed by atoms with Crippen molar-refractivity contribution in [3.05, 3.63) is 30.3 Å². The first-order valence-corrected chi connectivity index (χ1v) is 6.22. The van der Waals surface area contributed by atoms with Crippen LogP contribution in [-0.4, -0.2) is 13.2 Å². The lowest BCUT2D eigenvalue weighted by molar-refractivity contribution is 0.230. The van der Waals surface area contributed by atoms with E-state index in [0.29, 0.717) is 18.5 Å². The van der Waals surface area contributed by atoms with Gasteiger partial charge in [0.1, 0.15) is 0 Å². The molecular formula is C10H15O3P. The molecule has 4 heteroatoms. The Morgan fingerprint density at radius 1 is 1.07 bits per heavy atom. The molecule has 0 N–H and O–H groups in total. The smallest absolute Gasteiger partial charge is 0.305 e. The van der Waals surface area contributed by atoms with Crippen molar-refractivity contribution in [1.29, 1.82) is 0 Å². The zero-order valence-electron chi connectivity index (χ0n) is 8.47. The molecule has 0 aliphatic carbocycles. The fourth-order valence-corrected chi connectivity index (χ4v) is 2.73. The van der Waals surface area contributed by atoms with Crippen molar-refractivity contribution in [1.82, 2.24) is 0 Å². The van der Waals surface area contributed by atoms with E-state index >= 15 is 0 Å². The van der Waals surface area contributed by atoms with Crippen molar-refractivity contribution >= 4 is 12.9 Å². The van der Waals surface area contributed by atoms with Gasteiger partial charge in [0.15, 0.2) is 0 Å². The molecule has 0 aliphatic heterocycles. The molecule has 0 amide bonds.